The van der Waals surface area contributed by atoms with E-state index in [0.717, 1.165) is 12.0 Å². The third-order valence-corrected chi connectivity index (χ3v) is 2.17. The number of hydrogen-bond acceptors (Lipinski definition) is 2. The van der Waals surface area contributed by atoms with Crippen LogP contribution in [0.25, 0.3) is 0 Å². The summed E-state index contributed by atoms with van der Waals surface area (Å²) in [6.07, 6.45) is 3.40. The molecule has 0 spiro atoms. The van der Waals surface area contributed by atoms with Crippen molar-refractivity contribution in [1.82, 2.24) is 0 Å². The fourth-order valence-electron chi connectivity index (χ4n) is 1.41. The lowest BCUT2D eigenvalue weighted by atomic mass is 10.1. The van der Waals surface area contributed by atoms with Crippen LogP contribution in [0.1, 0.15) is 24.5 Å². The van der Waals surface area contributed by atoms with Crippen molar-refractivity contribution in [2.24, 2.45) is 0 Å². The molecule has 82 valence electrons. The molecule has 1 unspecified atom stereocenters. The highest BCUT2D eigenvalue weighted by Gasteiger charge is 2.08. The van der Waals surface area contributed by atoms with Gasteiger partial charge in [-0.25, -0.2) is 0 Å². The number of hydrogen-bond donors (Lipinski definition) is 1. The second-order valence-electron chi connectivity index (χ2n) is 3.37. The van der Waals surface area contributed by atoms with Gasteiger partial charge in [0.05, 0.1) is 6.10 Å². The van der Waals surface area contributed by atoms with Gasteiger partial charge in [0, 0.05) is 13.2 Å². The van der Waals surface area contributed by atoms with Crippen molar-refractivity contribution in [2.75, 3.05) is 13.2 Å². The third-order valence-electron chi connectivity index (χ3n) is 2.17. The standard InChI is InChI=1S/C13H18O2/c1-2-7-13(15-11-6-10-14)12-8-4-3-5-9-12/h2-5,8-9,13-14H,1,6-7,10-11H2. The molecule has 2 nitrogen and oxygen atoms in total. The summed E-state index contributed by atoms with van der Waals surface area (Å²) < 4.78 is 5.68. The van der Waals surface area contributed by atoms with E-state index in [4.69, 9.17) is 9.84 Å². The minimum atomic E-state index is 0.0650. The zero-order chi connectivity index (χ0) is 10.9. The summed E-state index contributed by atoms with van der Waals surface area (Å²) in [5, 5.41) is 8.68. The Balaban J connectivity index is 2.53. The van der Waals surface area contributed by atoms with Crippen LogP contribution in [0.15, 0.2) is 43.0 Å². The molecule has 0 heterocycles. The van der Waals surface area contributed by atoms with E-state index in [1.54, 1.807) is 0 Å². The monoisotopic (exact) mass is 206 g/mol. The molecule has 1 rings (SSSR count). The van der Waals surface area contributed by atoms with E-state index in [-0.39, 0.29) is 12.7 Å². The van der Waals surface area contributed by atoms with Crippen molar-refractivity contribution >= 4 is 0 Å². The molecular weight excluding hydrogens is 188 g/mol. The first-order valence-electron chi connectivity index (χ1n) is 5.26. The Morgan fingerprint density at radius 1 is 1.33 bits per heavy atom. The zero-order valence-corrected chi connectivity index (χ0v) is 8.93. The summed E-state index contributed by atoms with van der Waals surface area (Å²) in [4.78, 5) is 0. The highest BCUT2D eigenvalue weighted by atomic mass is 16.5. The fraction of sp³-hybridized carbons (Fsp3) is 0.385. The summed E-state index contributed by atoms with van der Waals surface area (Å²) >= 11 is 0. The van der Waals surface area contributed by atoms with Crippen LogP contribution in [0.4, 0.5) is 0 Å². The van der Waals surface area contributed by atoms with E-state index in [9.17, 15) is 0 Å². The Bertz CT molecular complexity index is 269. The summed E-state index contributed by atoms with van der Waals surface area (Å²) in [7, 11) is 0. The van der Waals surface area contributed by atoms with Crippen molar-refractivity contribution in [3.8, 4) is 0 Å². The van der Waals surface area contributed by atoms with E-state index in [0.29, 0.717) is 13.0 Å². The van der Waals surface area contributed by atoms with Crippen LogP contribution in [-0.2, 0) is 4.74 Å². The Morgan fingerprint density at radius 2 is 2.07 bits per heavy atom. The van der Waals surface area contributed by atoms with Gasteiger partial charge in [-0.15, -0.1) is 6.58 Å². The Morgan fingerprint density at radius 3 is 2.67 bits per heavy atom. The first kappa shape index (κ1) is 12.0. The second kappa shape index (κ2) is 7.21. The molecule has 0 bridgehead atoms. The number of aliphatic hydroxyl groups is 1. The van der Waals surface area contributed by atoms with Crippen molar-refractivity contribution in [3.63, 3.8) is 0 Å². The van der Waals surface area contributed by atoms with Crippen molar-refractivity contribution in [1.29, 1.82) is 0 Å². The topological polar surface area (TPSA) is 29.5 Å². The van der Waals surface area contributed by atoms with Gasteiger partial charge in [-0.1, -0.05) is 36.4 Å². The molecule has 0 aliphatic rings. The van der Waals surface area contributed by atoms with Gasteiger partial charge in [-0.3, -0.25) is 0 Å². The lowest BCUT2D eigenvalue weighted by Gasteiger charge is -2.16. The predicted molar refractivity (Wildman–Crippen MR) is 61.7 cm³/mol. The molecular formula is C13H18O2. The summed E-state index contributed by atoms with van der Waals surface area (Å²) in [5.41, 5.74) is 1.16. The van der Waals surface area contributed by atoms with E-state index in [2.05, 4.69) is 6.58 Å². The van der Waals surface area contributed by atoms with Crippen molar-refractivity contribution in [2.45, 2.75) is 18.9 Å². The highest BCUT2D eigenvalue weighted by molar-refractivity contribution is 5.18. The number of aliphatic hydroxyl groups excluding tert-OH is 1. The van der Waals surface area contributed by atoms with Gasteiger partial charge in [0.25, 0.3) is 0 Å². The first-order chi connectivity index (χ1) is 7.38. The molecule has 0 fully saturated rings. The molecule has 0 aliphatic carbocycles. The van der Waals surface area contributed by atoms with Crippen LogP contribution in [0.5, 0.6) is 0 Å². The van der Waals surface area contributed by atoms with Crippen LogP contribution >= 0.6 is 0 Å². The molecule has 0 aliphatic heterocycles. The van der Waals surface area contributed by atoms with Gasteiger partial charge in [0.1, 0.15) is 0 Å². The quantitative estimate of drug-likeness (QED) is 0.549. The Hall–Kier alpha value is -1.12. The van der Waals surface area contributed by atoms with Crippen LogP contribution < -0.4 is 0 Å². The molecule has 1 N–H and O–H groups in total. The van der Waals surface area contributed by atoms with E-state index in [1.165, 1.54) is 0 Å². The fourth-order valence-corrected chi connectivity index (χ4v) is 1.41. The summed E-state index contributed by atoms with van der Waals surface area (Å²) in [6.45, 7) is 4.49. The van der Waals surface area contributed by atoms with E-state index in [1.807, 2.05) is 36.4 Å². The molecule has 0 radical (unpaired) electrons. The molecule has 0 amide bonds. The van der Waals surface area contributed by atoms with Crippen molar-refractivity contribution in [3.05, 3.63) is 48.6 Å². The predicted octanol–water partition coefficient (Wildman–Crippen LogP) is 2.70. The van der Waals surface area contributed by atoms with Gasteiger partial charge in [-0.2, -0.15) is 0 Å². The minimum Gasteiger partial charge on any atom is -0.396 e. The smallest absolute Gasteiger partial charge is 0.0859 e. The van der Waals surface area contributed by atoms with Gasteiger partial charge in [0.15, 0.2) is 0 Å². The van der Waals surface area contributed by atoms with E-state index >= 15 is 0 Å². The maximum atomic E-state index is 8.68. The molecule has 1 atom stereocenters. The van der Waals surface area contributed by atoms with Gasteiger partial charge < -0.3 is 9.84 Å². The van der Waals surface area contributed by atoms with Gasteiger partial charge in [0.2, 0.25) is 0 Å². The lowest BCUT2D eigenvalue weighted by Crippen LogP contribution is -2.05. The van der Waals surface area contributed by atoms with Crippen LogP contribution in [0.3, 0.4) is 0 Å². The normalized spacial score (nSPS) is 12.3. The maximum Gasteiger partial charge on any atom is 0.0859 e. The zero-order valence-electron chi connectivity index (χ0n) is 8.93. The minimum absolute atomic E-state index is 0.0650. The van der Waals surface area contributed by atoms with Crippen LogP contribution in [0, 0.1) is 0 Å². The van der Waals surface area contributed by atoms with Gasteiger partial charge >= 0.3 is 0 Å². The average molecular weight is 206 g/mol. The maximum absolute atomic E-state index is 8.68. The number of ether oxygens (including phenoxy) is 1. The van der Waals surface area contributed by atoms with Crippen LogP contribution in [0.2, 0.25) is 0 Å². The third kappa shape index (κ3) is 4.28. The molecule has 15 heavy (non-hydrogen) atoms. The van der Waals surface area contributed by atoms with Gasteiger partial charge in [-0.05, 0) is 18.4 Å². The summed E-state index contributed by atoms with van der Waals surface area (Å²) in [6, 6.07) is 10.1. The lowest BCUT2D eigenvalue weighted by molar-refractivity contribution is 0.0452. The molecule has 0 saturated carbocycles. The Labute approximate surface area is 91.2 Å². The molecule has 1 aromatic rings. The molecule has 0 saturated heterocycles. The molecule has 1 aromatic carbocycles. The highest BCUT2D eigenvalue weighted by Crippen LogP contribution is 2.21. The number of rotatable bonds is 7. The molecule has 2 heteroatoms. The van der Waals surface area contributed by atoms with Crippen LogP contribution in [-0.4, -0.2) is 18.3 Å². The molecule has 0 aromatic heterocycles. The number of benzene rings is 1. The average Bonchev–Trinajstić information content (AvgIpc) is 2.29. The SMILES string of the molecule is C=CCC(OCCCO)c1ccccc1. The second-order valence-corrected chi connectivity index (χ2v) is 3.37. The van der Waals surface area contributed by atoms with E-state index < -0.39 is 0 Å². The first-order valence-corrected chi connectivity index (χ1v) is 5.26. The van der Waals surface area contributed by atoms with Crippen molar-refractivity contribution < 1.29 is 9.84 Å². The Kier molecular flexibility index (Phi) is 5.74. The largest absolute Gasteiger partial charge is 0.396 e. The summed E-state index contributed by atoms with van der Waals surface area (Å²) in [5.74, 6) is 0.